The summed E-state index contributed by atoms with van der Waals surface area (Å²) in [7, 11) is 0. The van der Waals surface area contributed by atoms with Crippen molar-refractivity contribution in [2.24, 2.45) is 0 Å². The normalized spacial score (nSPS) is 17.6. The zero-order chi connectivity index (χ0) is 27.7. The fourth-order valence-electron chi connectivity index (χ4n) is 4.56. The van der Waals surface area contributed by atoms with Crippen molar-refractivity contribution in [3.63, 3.8) is 0 Å². The topological polar surface area (TPSA) is 146 Å². The number of hydrogen-bond acceptors (Lipinski definition) is 9. The molecule has 5 rings (SSSR count). The predicted molar refractivity (Wildman–Crippen MR) is 138 cm³/mol. The number of H-pyrrole nitrogens is 1. The van der Waals surface area contributed by atoms with E-state index in [4.69, 9.17) is 9.47 Å². The zero-order valence-corrected chi connectivity index (χ0v) is 21.7. The van der Waals surface area contributed by atoms with Gasteiger partial charge in [0.1, 0.15) is 29.4 Å². The molecule has 3 aromatic heterocycles. The maximum Gasteiger partial charge on any atom is 0.419 e. The highest BCUT2D eigenvalue weighted by molar-refractivity contribution is 5.96. The first-order chi connectivity index (χ1) is 18.6. The lowest BCUT2D eigenvalue weighted by atomic mass is 9.93. The molecule has 204 valence electrons. The van der Waals surface area contributed by atoms with Crippen molar-refractivity contribution in [3.05, 3.63) is 65.0 Å². The summed E-state index contributed by atoms with van der Waals surface area (Å²) in [4.78, 5) is 53.1. The van der Waals surface area contributed by atoms with Gasteiger partial charge in [-0.25, -0.2) is 33.3 Å². The number of rotatable bonds is 5. The van der Waals surface area contributed by atoms with E-state index in [0.717, 1.165) is 6.07 Å². The molecule has 12 nitrogen and oxygen atoms in total. The molecular formula is C26H28FN7O5. The summed E-state index contributed by atoms with van der Waals surface area (Å²) < 4.78 is 27.9. The Labute approximate surface area is 222 Å². The average molecular weight is 538 g/mol. The standard InChI is InChI=1S/C26H28FN7O5/c1-26(2,3)39-22(35)18-9-4-15(27)12-19(18)30-23-29-13-20-21(32-23)34(24(36)31-20)16-5-7-17(8-6-16)38-25(37)33-11-10-28-14-33/h4,9-14,16-17H,5-8H2,1-3H3,(H,31,36)(H,29,30,32). The van der Waals surface area contributed by atoms with Crippen LogP contribution in [0.3, 0.4) is 0 Å². The molecule has 0 radical (unpaired) electrons. The predicted octanol–water partition coefficient (Wildman–Crippen LogP) is 4.32. The van der Waals surface area contributed by atoms with Gasteiger partial charge in [0.15, 0.2) is 5.65 Å². The Morgan fingerprint density at radius 2 is 1.95 bits per heavy atom. The van der Waals surface area contributed by atoms with Crippen LogP contribution in [-0.4, -0.2) is 52.8 Å². The average Bonchev–Trinajstić information content (AvgIpc) is 3.51. The highest BCUT2D eigenvalue weighted by Gasteiger charge is 2.28. The van der Waals surface area contributed by atoms with Crippen LogP contribution in [0.25, 0.3) is 11.2 Å². The maximum atomic E-state index is 14.1. The van der Waals surface area contributed by atoms with Crippen molar-refractivity contribution in [3.8, 4) is 0 Å². The molecule has 0 aliphatic heterocycles. The van der Waals surface area contributed by atoms with Crippen LogP contribution in [0.5, 0.6) is 0 Å². The van der Waals surface area contributed by atoms with Crippen molar-refractivity contribution in [2.45, 2.75) is 64.2 Å². The number of halogens is 1. The van der Waals surface area contributed by atoms with Gasteiger partial charge in [-0.15, -0.1) is 0 Å². The number of carbonyl (C=O) groups excluding carboxylic acids is 2. The molecule has 1 aromatic carbocycles. The Balaban J connectivity index is 1.35. The number of aromatic nitrogens is 6. The van der Waals surface area contributed by atoms with E-state index in [1.54, 1.807) is 25.3 Å². The largest absolute Gasteiger partial charge is 0.456 e. The van der Waals surface area contributed by atoms with Gasteiger partial charge in [0.2, 0.25) is 5.95 Å². The van der Waals surface area contributed by atoms with Crippen LogP contribution in [0.4, 0.5) is 20.8 Å². The van der Waals surface area contributed by atoms with Crippen molar-refractivity contribution in [2.75, 3.05) is 5.32 Å². The first kappa shape index (κ1) is 26.1. The number of nitrogens with zero attached hydrogens (tertiary/aromatic N) is 5. The number of carbonyl (C=O) groups is 2. The van der Waals surface area contributed by atoms with E-state index < -0.39 is 23.5 Å². The summed E-state index contributed by atoms with van der Waals surface area (Å²) in [6, 6.07) is 3.47. The van der Waals surface area contributed by atoms with E-state index in [-0.39, 0.29) is 35.0 Å². The summed E-state index contributed by atoms with van der Waals surface area (Å²) >= 11 is 0. The lowest BCUT2D eigenvalue weighted by Crippen LogP contribution is -2.30. The van der Waals surface area contributed by atoms with Crippen LogP contribution < -0.4 is 11.0 Å². The zero-order valence-electron chi connectivity index (χ0n) is 21.7. The SMILES string of the molecule is CC(C)(C)OC(=O)c1ccc(F)cc1Nc1ncc2[nH]c(=O)n(C3CCC(OC(=O)n4ccnc4)CC3)c2n1. The number of fused-ring (bicyclic) bond motifs is 1. The van der Waals surface area contributed by atoms with E-state index in [0.29, 0.717) is 36.8 Å². The summed E-state index contributed by atoms with van der Waals surface area (Å²) in [5, 5.41) is 2.90. The monoisotopic (exact) mass is 537 g/mol. The van der Waals surface area contributed by atoms with E-state index in [2.05, 4.69) is 25.3 Å². The molecule has 0 bridgehead atoms. The molecule has 2 N–H and O–H groups in total. The number of hydrogen-bond donors (Lipinski definition) is 2. The Morgan fingerprint density at radius 3 is 2.64 bits per heavy atom. The Morgan fingerprint density at radius 1 is 1.18 bits per heavy atom. The number of aromatic amines is 1. The number of ether oxygens (including phenoxy) is 2. The number of imidazole rings is 2. The third-order valence-corrected chi connectivity index (χ3v) is 6.30. The van der Waals surface area contributed by atoms with Crippen molar-refractivity contribution < 1.29 is 23.5 Å². The van der Waals surface area contributed by atoms with Gasteiger partial charge in [-0.3, -0.25) is 4.57 Å². The van der Waals surface area contributed by atoms with Crippen LogP contribution in [0.15, 0.2) is 47.9 Å². The maximum absolute atomic E-state index is 14.1. The molecule has 1 aliphatic rings. The van der Waals surface area contributed by atoms with E-state index in [1.165, 1.54) is 41.6 Å². The number of esters is 1. The molecule has 39 heavy (non-hydrogen) atoms. The van der Waals surface area contributed by atoms with Crippen molar-refractivity contribution in [1.82, 2.24) is 29.1 Å². The fraction of sp³-hybridized carbons (Fsp3) is 0.385. The van der Waals surface area contributed by atoms with Crippen LogP contribution >= 0.6 is 0 Å². The summed E-state index contributed by atoms with van der Waals surface area (Å²) in [6.07, 6.45) is 7.41. The van der Waals surface area contributed by atoms with Crippen molar-refractivity contribution >= 4 is 34.9 Å². The highest BCUT2D eigenvalue weighted by atomic mass is 19.1. The van der Waals surface area contributed by atoms with Crippen LogP contribution in [0.2, 0.25) is 0 Å². The second kappa shape index (κ2) is 10.3. The second-order valence-electron chi connectivity index (χ2n) is 10.3. The Kier molecular flexibility index (Phi) is 6.89. The molecule has 3 heterocycles. The van der Waals surface area contributed by atoms with Crippen LogP contribution in [-0.2, 0) is 9.47 Å². The minimum atomic E-state index is -0.740. The lowest BCUT2D eigenvalue weighted by molar-refractivity contribution is 0.00705. The third kappa shape index (κ3) is 5.81. The molecule has 0 unspecified atom stereocenters. The van der Waals surface area contributed by atoms with E-state index >= 15 is 0 Å². The summed E-state index contributed by atoms with van der Waals surface area (Å²) in [5.74, 6) is -1.11. The minimum Gasteiger partial charge on any atom is -0.456 e. The van der Waals surface area contributed by atoms with Gasteiger partial charge in [0.25, 0.3) is 0 Å². The molecule has 1 aliphatic carbocycles. The molecule has 1 saturated carbocycles. The molecule has 13 heteroatoms. The fourth-order valence-corrected chi connectivity index (χ4v) is 4.56. The Bertz CT molecular complexity index is 1560. The molecule has 0 spiro atoms. The first-order valence-electron chi connectivity index (χ1n) is 12.5. The lowest BCUT2D eigenvalue weighted by Gasteiger charge is -2.28. The molecule has 0 atom stereocenters. The van der Waals surface area contributed by atoms with Crippen molar-refractivity contribution in [1.29, 1.82) is 0 Å². The second-order valence-corrected chi connectivity index (χ2v) is 10.3. The van der Waals surface area contributed by atoms with Gasteiger partial charge in [0, 0.05) is 18.4 Å². The molecule has 1 fully saturated rings. The van der Waals surface area contributed by atoms with Gasteiger partial charge in [-0.2, -0.15) is 4.98 Å². The first-order valence-corrected chi connectivity index (χ1v) is 12.5. The molecule has 0 saturated heterocycles. The molecule has 0 amide bonds. The van der Waals surface area contributed by atoms with Gasteiger partial charge in [-0.05, 0) is 64.7 Å². The number of nitrogens with one attached hydrogen (secondary N) is 2. The third-order valence-electron chi connectivity index (χ3n) is 6.30. The highest BCUT2D eigenvalue weighted by Crippen LogP contribution is 2.31. The quantitative estimate of drug-likeness (QED) is 0.355. The van der Waals surface area contributed by atoms with Crippen LogP contribution in [0.1, 0.15) is 62.9 Å². The van der Waals surface area contributed by atoms with Crippen LogP contribution in [0, 0.1) is 5.82 Å². The van der Waals surface area contributed by atoms with Gasteiger partial charge < -0.3 is 19.8 Å². The summed E-state index contributed by atoms with van der Waals surface area (Å²) in [5.41, 5.74) is -0.0259. The smallest absolute Gasteiger partial charge is 0.419 e. The Hall–Kier alpha value is -4.55. The van der Waals surface area contributed by atoms with Gasteiger partial charge >= 0.3 is 17.8 Å². The minimum absolute atomic E-state index is 0.0774. The summed E-state index contributed by atoms with van der Waals surface area (Å²) in [6.45, 7) is 5.21. The van der Waals surface area contributed by atoms with Gasteiger partial charge in [-0.1, -0.05) is 0 Å². The number of benzene rings is 1. The van der Waals surface area contributed by atoms with E-state index in [9.17, 15) is 18.8 Å². The van der Waals surface area contributed by atoms with Gasteiger partial charge in [0.05, 0.1) is 17.4 Å². The van der Waals surface area contributed by atoms with E-state index in [1.807, 2.05) is 0 Å². The number of anilines is 2. The molecule has 4 aromatic rings. The molecular weight excluding hydrogens is 509 g/mol.